The number of nitrogens with zero attached hydrogens (tertiary/aromatic N) is 3. The zero-order valence-corrected chi connectivity index (χ0v) is 11.2. The van der Waals surface area contributed by atoms with Gasteiger partial charge in [0.05, 0.1) is 25.1 Å². The summed E-state index contributed by atoms with van der Waals surface area (Å²) in [5, 5.41) is 9.43. The first kappa shape index (κ1) is 13.0. The van der Waals surface area contributed by atoms with E-state index in [-0.39, 0.29) is 0 Å². The highest BCUT2D eigenvalue weighted by Crippen LogP contribution is 2.31. The molecule has 0 bridgehead atoms. The van der Waals surface area contributed by atoms with Gasteiger partial charge >= 0.3 is 0 Å². The van der Waals surface area contributed by atoms with Crippen LogP contribution in [0, 0.1) is 25.2 Å². The van der Waals surface area contributed by atoms with Gasteiger partial charge in [-0.05, 0) is 36.6 Å². The number of aromatic nitrogens is 2. The van der Waals surface area contributed by atoms with Crippen molar-refractivity contribution in [3.63, 3.8) is 0 Å². The van der Waals surface area contributed by atoms with Crippen LogP contribution in [0.1, 0.15) is 28.3 Å². The van der Waals surface area contributed by atoms with Crippen molar-refractivity contribution in [2.24, 2.45) is 0 Å². The molecule has 1 aromatic heterocycles. The van der Waals surface area contributed by atoms with Crippen molar-refractivity contribution in [3.05, 3.63) is 53.1 Å². The second-order valence-electron chi connectivity index (χ2n) is 4.30. The molecule has 0 fully saturated rings. The van der Waals surface area contributed by atoms with Gasteiger partial charge in [0.25, 0.3) is 0 Å². The van der Waals surface area contributed by atoms with Crippen molar-refractivity contribution in [2.75, 3.05) is 7.11 Å². The van der Waals surface area contributed by atoms with Crippen LogP contribution in [0.25, 0.3) is 0 Å². The molecule has 0 aliphatic rings. The summed E-state index contributed by atoms with van der Waals surface area (Å²) in [6, 6.07) is 6.10. The van der Waals surface area contributed by atoms with E-state index in [0.717, 1.165) is 22.4 Å². The molecule has 0 saturated carbocycles. The van der Waals surface area contributed by atoms with Crippen LogP contribution in [0.4, 0.5) is 0 Å². The highest BCUT2D eigenvalue weighted by molar-refractivity contribution is 5.48. The SMILES string of the molecule is COc1ccc(C(C#N)c2cnccn2)c(C)c1C. The molecule has 1 unspecified atom stereocenters. The van der Waals surface area contributed by atoms with Crippen LogP contribution >= 0.6 is 0 Å². The van der Waals surface area contributed by atoms with Gasteiger partial charge < -0.3 is 4.74 Å². The van der Waals surface area contributed by atoms with Crippen LogP contribution in [-0.4, -0.2) is 17.1 Å². The van der Waals surface area contributed by atoms with E-state index in [1.807, 2.05) is 26.0 Å². The lowest BCUT2D eigenvalue weighted by Crippen LogP contribution is -2.05. The lowest BCUT2D eigenvalue weighted by atomic mass is 9.90. The summed E-state index contributed by atoms with van der Waals surface area (Å²) in [5.41, 5.74) is 3.71. The first-order valence-corrected chi connectivity index (χ1v) is 5.98. The monoisotopic (exact) mass is 253 g/mol. The average Bonchev–Trinajstić information content (AvgIpc) is 2.45. The summed E-state index contributed by atoms with van der Waals surface area (Å²) >= 11 is 0. The second kappa shape index (κ2) is 5.49. The Labute approximate surface area is 112 Å². The summed E-state index contributed by atoms with van der Waals surface area (Å²) in [7, 11) is 1.64. The van der Waals surface area contributed by atoms with Gasteiger partial charge in [0.2, 0.25) is 0 Å². The second-order valence-corrected chi connectivity index (χ2v) is 4.30. The molecule has 2 aromatic rings. The molecule has 0 spiro atoms. The predicted molar refractivity (Wildman–Crippen MR) is 72.0 cm³/mol. The number of hydrogen-bond acceptors (Lipinski definition) is 4. The molecule has 0 radical (unpaired) electrons. The van der Waals surface area contributed by atoms with E-state index in [0.29, 0.717) is 5.69 Å². The van der Waals surface area contributed by atoms with E-state index in [4.69, 9.17) is 4.74 Å². The topological polar surface area (TPSA) is 58.8 Å². The fraction of sp³-hybridized carbons (Fsp3) is 0.267. The van der Waals surface area contributed by atoms with Crippen LogP contribution < -0.4 is 4.74 Å². The first-order valence-electron chi connectivity index (χ1n) is 5.98. The lowest BCUT2D eigenvalue weighted by Gasteiger charge is -2.15. The number of methoxy groups -OCH3 is 1. The van der Waals surface area contributed by atoms with Crippen LogP contribution in [0.15, 0.2) is 30.7 Å². The highest BCUT2D eigenvalue weighted by Gasteiger charge is 2.19. The Morgan fingerprint density at radius 1 is 1.21 bits per heavy atom. The maximum Gasteiger partial charge on any atom is 0.122 e. The number of benzene rings is 1. The number of ether oxygens (including phenoxy) is 1. The molecular weight excluding hydrogens is 238 g/mol. The van der Waals surface area contributed by atoms with Crippen LogP contribution in [0.2, 0.25) is 0 Å². The normalized spacial score (nSPS) is 11.7. The molecule has 2 rings (SSSR count). The van der Waals surface area contributed by atoms with Crippen LogP contribution in [0.5, 0.6) is 5.75 Å². The van der Waals surface area contributed by atoms with Crippen LogP contribution in [-0.2, 0) is 0 Å². The van der Waals surface area contributed by atoms with E-state index < -0.39 is 5.92 Å². The van der Waals surface area contributed by atoms with Gasteiger partial charge in [0, 0.05) is 12.4 Å². The van der Waals surface area contributed by atoms with Crippen molar-refractivity contribution in [1.82, 2.24) is 9.97 Å². The van der Waals surface area contributed by atoms with Crippen LogP contribution in [0.3, 0.4) is 0 Å². The average molecular weight is 253 g/mol. The minimum absolute atomic E-state index is 0.404. The van der Waals surface area contributed by atoms with Gasteiger partial charge in [-0.2, -0.15) is 5.26 Å². The third kappa shape index (κ3) is 2.41. The van der Waals surface area contributed by atoms with Gasteiger partial charge in [-0.3, -0.25) is 9.97 Å². The molecule has 96 valence electrons. The molecule has 0 N–H and O–H groups in total. The summed E-state index contributed by atoms with van der Waals surface area (Å²) in [6.07, 6.45) is 4.84. The largest absolute Gasteiger partial charge is 0.496 e. The Hall–Kier alpha value is -2.41. The summed E-state index contributed by atoms with van der Waals surface area (Å²) in [6.45, 7) is 3.98. The number of nitriles is 1. The summed E-state index contributed by atoms with van der Waals surface area (Å²) < 4.78 is 5.29. The minimum Gasteiger partial charge on any atom is -0.496 e. The van der Waals surface area contributed by atoms with Crippen molar-refractivity contribution in [2.45, 2.75) is 19.8 Å². The fourth-order valence-electron chi connectivity index (χ4n) is 2.11. The van der Waals surface area contributed by atoms with Gasteiger partial charge in [-0.15, -0.1) is 0 Å². The Bertz CT molecular complexity index is 617. The zero-order valence-electron chi connectivity index (χ0n) is 11.2. The Balaban J connectivity index is 2.52. The first-order chi connectivity index (χ1) is 9.19. The predicted octanol–water partition coefficient (Wildman–Crippen LogP) is 2.76. The van der Waals surface area contributed by atoms with Gasteiger partial charge in [0.15, 0.2) is 0 Å². The summed E-state index contributed by atoms with van der Waals surface area (Å²) in [5.74, 6) is 0.426. The maximum atomic E-state index is 9.43. The standard InChI is InChI=1S/C15H15N3O/c1-10-11(2)15(19-3)5-4-12(10)13(8-16)14-9-17-6-7-18-14/h4-7,9,13H,1-3H3. The molecule has 0 aliphatic carbocycles. The maximum absolute atomic E-state index is 9.43. The summed E-state index contributed by atoms with van der Waals surface area (Å²) in [4.78, 5) is 8.25. The van der Waals surface area contributed by atoms with Gasteiger partial charge in [0.1, 0.15) is 11.7 Å². The Kier molecular flexibility index (Phi) is 3.76. The number of rotatable bonds is 3. The van der Waals surface area contributed by atoms with Crippen molar-refractivity contribution < 1.29 is 4.74 Å². The lowest BCUT2D eigenvalue weighted by molar-refractivity contribution is 0.411. The molecule has 0 amide bonds. The molecule has 19 heavy (non-hydrogen) atoms. The molecule has 1 atom stereocenters. The fourth-order valence-corrected chi connectivity index (χ4v) is 2.11. The third-order valence-electron chi connectivity index (χ3n) is 3.32. The van der Waals surface area contributed by atoms with E-state index in [2.05, 4.69) is 16.0 Å². The van der Waals surface area contributed by atoms with Gasteiger partial charge in [-0.1, -0.05) is 6.07 Å². The molecule has 4 nitrogen and oxygen atoms in total. The molecule has 0 saturated heterocycles. The zero-order chi connectivity index (χ0) is 13.8. The molecule has 4 heteroatoms. The van der Waals surface area contributed by atoms with E-state index in [1.54, 1.807) is 25.7 Å². The van der Waals surface area contributed by atoms with E-state index in [9.17, 15) is 5.26 Å². The molecule has 1 heterocycles. The highest BCUT2D eigenvalue weighted by atomic mass is 16.5. The Morgan fingerprint density at radius 2 is 2.00 bits per heavy atom. The molecule has 0 aliphatic heterocycles. The smallest absolute Gasteiger partial charge is 0.122 e. The van der Waals surface area contributed by atoms with Gasteiger partial charge in [-0.25, -0.2) is 0 Å². The quantitative estimate of drug-likeness (QED) is 0.844. The van der Waals surface area contributed by atoms with E-state index in [1.165, 1.54) is 0 Å². The van der Waals surface area contributed by atoms with Crippen molar-refractivity contribution in [1.29, 1.82) is 5.26 Å². The Morgan fingerprint density at radius 3 is 2.58 bits per heavy atom. The molecular formula is C15H15N3O. The molecule has 1 aromatic carbocycles. The third-order valence-corrected chi connectivity index (χ3v) is 3.32. The minimum atomic E-state index is -0.404. The van der Waals surface area contributed by atoms with E-state index >= 15 is 0 Å². The number of hydrogen-bond donors (Lipinski definition) is 0. The van der Waals surface area contributed by atoms with Crippen molar-refractivity contribution in [3.8, 4) is 11.8 Å². The van der Waals surface area contributed by atoms with Crippen molar-refractivity contribution >= 4 is 0 Å².